The van der Waals surface area contributed by atoms with E-state index in [9.17, 15) is 9.59 Å². The van der Waals surface area contributed by atoms with Crippen LogP contribution in [0, 0.1) is 6.92 Å². The maximum atomic E-state index is 11.8. The maximum absolute atomic E-state index is 11.8. The molecule has 1 amide bonds. The Morgan fingerprint density at radius 2 is 2.11 bits per heavy atom. The molecule has 18 heavy (non-hydrogen) atoms. The summed E-state index contributed by atoms with van der Waals surface area (Å²) in [7, 11) is 1.27. The van der Waals surface area contributed by atoms with E-state index in [1.807, 2.05) is 6.92 Å². The van der Waals surface area contributed by atoms with Gasteiger partial charge in [-0.1, -0.05) is 11.6 Å². The van der Waals surface area contributed by atoms with Gasteiger partial charge < -0.3 is 15.2 Å². The smallest absolute Gasteiger partial charge is 0.334 e. The van der Waals surface area contributed by atoms with Gasteiger partial charge in [0.2, 0.25) is 0 Å². The van der Waals surface area contributed by atoms with Crippen LogP contribution in [0.4, 0.5) is 0 Å². The number of carbonyl (C=O) groups is 2. The van der Waals surface area contributed by atoms with E-state index in [1.165, 1.54) is 13.2 Å². The van der Waals surface area contributed by atoms with Gasteiger partial charge >= 0.3 is 5.97 Å². The Hall–Kier alpha value is -1.59. The van der Waals surface area contributed by atoms with Crippen molar-refractivity contribution in [1.82, 2.24) is 5.32 Å². The highest BCUT2D eigenvalue weighted by atomic mass is 35.5. The molecular formula is C12H14ClNO4. The number of benzene rings is 1. The van der Waals surface area contributed by atoms with Crippen LogP contribution >= 0.6 is 11.6 Å². The molecule has 0 saturated carbocycles. The van der Waals surface area contributed by atoms with Crippen LogP contribution < -0.4 is 5.32 Å². The largest absolute Gasteiger partial charge is 0.479 e. The highest BCUT2D eigenvalue weighted by Crippen LogP contribution is 2.14. The summed E-state index contributed by atoms with van der Waals surface area (Å²) < 4.78 is 4.71. The van der Waals surface area contributed by atoms with Crippen molar-refractivity contribution in [2.75, 3.05) is 13.7 Å². The number of nitrogens with one attached hydrogen (secondary N) is 1. The number of carbonyl (C=O) groups excluding carboxylic acids is 1. The van der Waals surface area contributed by atoms with Crippen molar-refractivity contribution in [3.05, 3.63) is 34.3 Å². The van der Waals surface area contributed by atoms with Crippen LogP contribution in [-0.2, 0) is 9.53 Å². The van der Waals surface area contributed by atoms with E-state index >= 15 is 0 Å². The van der Waals surface area contributed by atoms with Gasteiger partial charge in [-0.05, 0) is 30.7 Å². The summed E-state index contributed by atoms with van der Waals surface area (Å²) in [6, 6.07) is 4.92. The molecule has 0 aliphatic rings. The quantitative estimate of drug-likeness (QED) is 0.850. The fourth-order valence-corrected chi connectivity index (χ4v) is 1.72. The molecule has 0 aliphatic heterocycles. The number of methoxy groups -OCH3 is 1. The molecule has 0 radical (unpaired) electrons. The lowest BCUT2D eigenvalue weighted by molar-refractivity contribution is -0.148. The van der Waals surface area contributed by atoms with Crippen molar-refractivity contribution < 1.29 is 19.4 Å². The molecule has 0 saturated heterocycles. The molecule has 1 unspecified atom stereocenters. The van der Waals surface area contributed by atoms with Gasteiger partial charge in [0.1, 0.15) is 0 Å². The van der Waals surface area contributed by atoms with Crippen molar-refractivity contribution >= 4 is 23.5 Å². The van der Waals surface area contributed by atoms with E-state index in [1.54, 1.807) is 12.1 Å². The Morgan fingerprint density at radius 3 is 2.61 bits per heavy atom. The molecule has 6 heteroatoms. The third-order valence-corrected chi connectivity index (χ3v) is 2.53. The lowest BCUT2D eigenvalue weighted by Crippen LogP contribution is -2.37. The molecule has 0 fully saturated rings. The fraction of sp³-hybridized carbons (Fsp3) is 0.333. The van der Waals surface area contributed by atoms with Crippen molar-refractivity contribution in [2.24, 2.45) is 0 Å². The molecule has 98 valence electrons. The molecule has 0 heterocycles. The van der Waals surface area contributed by atoms with Gasteiger partial charge in [-0.3, -0.25) is 4.79 Å². The van der Waals surface area contributed by atoms with Gasteiger partial charge in [0.15, 0.2) is 6.10 Å². The third-order valence-electron chi connectivity index (χ3n) is 2.31. The molecule has 0 bridgehead atoms. The van der Waals surface area contributed by atoms with E-state index < -0.39 is 12.1 Å². The van der Waals surface area contributed by atoms with E-state index in [4.69, 9.17) is 21.4 Å². The average Bonchev–Trinajstić information content (AvgIpc) is 2.27. The first-order valence-electron chi connectivity index (χ1n) is 5.25. The minimum Gasteiger partial charge on any atom is -0.479 e. The lowest BCUT2D eigenvalue weighted by atomic mass is 10.1. The van der Waals surface area contributed by atoms with Crippen LogP contribution in [0.5, 0.6) is 0 Å². The van der Waals surface area contributed by atoms with E-state index in [-0.39, 0.29) is 12.5 Å². The van der Waals surface area contributed by atoms with Crippen molar-refractivity contribution in [3.63, 3.8) is 0 Å². The second kappa shape index (κ2) is 6.37. The number of amides is 1. The fourth-order valence-electron chi connectivity index (χ4n) is 1.43. The second-order valence-electron chi connectivity index (χ2n) is 3.79. The summed E-state index contributed by atoms with van der Waals surface area (Å²) in [4.78, 5) is 22.5. The second-order valence-corrected chi connectivity index (χ2v) is 4.23. The monoisotopic (exact) mass is 271 g/mol. The summed E-state index contributed by atoms with van der Waals surface area (Å²) in [5, 5.41) is 11.7. The molecule has 0 spiro atoms. The van der Waals surface area contributed by atoms with E-state index in [0.29, 0.717) is 10.6 Å². The standard InChI is InChI=1S/C12H14ClNO4/c1-7-3-8(5-9(13)4-7)11(15)14-6-10(18-2)12(16)17/h3-5,10H,6H2,1-2H3,(H,14,15)(H,16,17). The topological polar surface area (TPSA) is 75.6 Å². The normalized spacial score (nSPS) is 11.9. The van der Waals surface area contributed by atoms with Crippen LogP contribution in [0.1, 0.15) is 15.9 Å². The average molecular weight is 272 g/mol. The predicted molar refractivity (Wildman–Crippen MR) is 67.0 cm³/mol. The van der Waals surface area contributed by atoms with Crippen molar-refractivity contribution in [3.8, 4) is 0 Å². The van der Waals surface area contributed by atoms with Gasteiger partial charge in [-0.2, -0.15) is 0 Å². The highest BCUT2D eigenvalue weighted by Gasteiger charge is 2.17. The Labute approximate surface area is 110 Å². The number of ether oxygens (including phenoxy) is 1. The minimum atomic E-state index is -1.12. The zero-order valence-electron chi connectivity index (χ0n) is 10.1. The number of carboxylic acids is 1. The maximum Gasteiger partial charge on any atom is 0.334 e. The number of hydrogen-bond acceptors (Lipinski definition) is 3. The molecule has 5 nitrogen and oxygen atoms in total. The van der Waals surface area contributed by atoms with Crippen LogP contribution in [0.2, 0.25) is 5.02 Å². The van der Waals surface area contributed by atoms with Gasteiger partial charge in [0.25, 0.3) is 5.91 Å². The molecule has 2 N–H and O–H groups in total. The summed E-state index contributed by atoms with van der Waals surface area (Å²) in [5.74, 6) is -1.51. The molecule has 0 aromatic heterocycles. The third kappa shape index (κ3) is 4.01. The molecule has 1 aromatic rings. The number of rotatable bonds is 5. The van der Waals surface area contributed by atoms with Crippen LogP contribution in [0.15, 0.2) is 18.2 Å². The number of halogens is 1. The summed E-state index contributed by atoms with van der Waals surface area (Å²) in [5.41, 5.74) is 1.24. The Bertz CT molecular complexity index is 441. The first-order chi connectivity index (χ1) is 8.43. The van der Waals surface area contributed by atoms with Crippen LogP contribution in [0.3, 0.4) is 0 Å². The molecule has 1 rings (SSSR count). The zero-order chi connectivity index (χ0) is 13.7. The summed E-state index contributed by atoms with van der Waals surface area (Å²) >= 11 is 5.84. The minimum absolute atomic E-state index is 0.101. The summed E-state index contributed by atoms with van der Waals surface area (Å²) in [6.07, 6.45) is -1.06. The first kappa shape index (κ1) is 14.5. The first-order valence-corrected chi connectivity index (χ1v) is 5.63. The zero-order valence-corrected chi connectivity index (χ0v) is 10.8. The number of aryl methyl sites for hydroxylation is 1. The molecular weight excluding hydrogens is 258 g/mol. The van der Waals surface area contributed by atoms with Crippen molar-refractivity contribution in [2.45, 2.75) is 13.0 Å². The Kier molecular flexibility index (Phi) is 5.12. The number of carboxylic acid groups (broad SMARTS) is 1. The van der Waals surface area contributed by atoms with E-state index in [2.05, 4.69) is 5.32 Å². The summed E-state index contributed by atoms with van der Waals surface area (Å²) in [6.45, 7) is 1.72. The SMILES string of the molecule is COC(CNC(=O)c1cc(C)cc(Cl)c1)C(=O)O. The Balaban J connectivity index is 2.68. The lowest BCUT2D eigenvalue weighted by Gasteiger charge is -2.11. The van der Waals surface area contributed by atoms with Gasteiger partial charge in [-0.25, -0.2) is 4.79 Å². The molecule has 0 aliphatic carbocycles. The highest BCUT2D eigenvalue weighted by molar-refractivity contribution is 6.31. The molecule has 1 atom stereocenters. The number of aliphatic carboxylic acids is 1. The Morgan fingerprint density at radius 1 is 1.44 bits per heavy atom. The molecule has 1 aromatic carbocycles. The van der Waals surface area contributed by atoms with E-state index in [0.717, 1.165) is 5.56 Å². The van der Waals surface area contributed by atoms with Crippen LogP contribution in [-0.4, -0.2) is 36.7 Å². The predicted octanol–water partition coefficient (Wildman–Crippen LogP) is 1.48. The van der Waals surface area contributed by atoms with Gasteiger partial charge in [0, 0.05) is 17.7 Å². The van der Waals surface area contributed by atoms with Crippen LogP contribution in [0.25, 0.3) is 0 Å². The van der Waals surface area contributed by atoms with Gasteiger partial charge in [-0.15, -0.1) is 0 Å². The number of hydrogen-bond donors (Lipinski definition) is 2. The van der Waals surface area contributed by atoms with Crippen molar-refractivity contribution in [1.29, 1.82) is 0 Å². The van der Waals surface area contributed by atoms with Gasteiger partial charge in [0.05, 0.1) is 6.54 Å².